The summed E-state index contributed by atoms with van der Waals surface area (Å²) in [7, 11) is 3.99. The third kappa shape index (κ3) is 2.44. The molecule has 0 spiro atoms. The third-order valence-corrected chi connectivity index (χ3v) is 3.45. The molecule has 0 saturated heterocycles. The molecule has 5 heteroatoms. The van der Waals surface area contributed by atoms with E-state index >= 15 is 0 Å². The topological polar surface area (TPSA) is 52.0 Å². The SMILES string of the molecule is Cc1nsc(Nc2cccc(N(C)C)c2)c1C#N. The Kier molecular flexibility index (Phi) is 3.49. The smallest absolute Gasteiger partial charge is 0.132 e. The van der Waals surface area contributed by atoms with E-state index in [4.69, 9.17) is 5.26 Å². The quantitative estimate of drug-likeness (QED) is 0.919. The van der Waals surface area contributed by atoms with E-state index in [2.05, 4.69) is 15.8 Å². The van der Waals surface area contributed by atoms with E-state index in [9.17, 15) is 0 Å². The fourth-order valence-corrected chi connectivity index (χ4v) is 2.35. The van der Waals surface area contributed by atoms with Crippen molar-refractivity contribution in [1.29, 1.82) is 5.26 Å². The second kappa shape index (κ2) is 5.07. The molecule has 2 aromatic rings. The van der Waals surface area contributed by atoms with Gasteiger partial charge in [-0.25, -0.2) is 0 Å². The first-order chi connectivity index (χ1) is 8.61. The van der Waals surface area contributed by atoms with Crippen molar-refractivity contribution in [3.05, 3.63) is 35.5 Å². The number of aryl methyl sites for hydroxylation is 1. The van der Waals surface area contributed by atoms with Gasteiger partial charge in [0.25, 0.3) is 0 Å². The Morgan fingerprint density at radius 3 is 2.83 bits per heavy atom. The summed E-state index contributed by atoms with van der Waals surface area (Å²) in [4.78, 5) is 2.04. The summed E-state index contributed by atoms with van der Waals surface area (Å²) in [5.74, 6) is 0. The summed E-state index contributed by atoms with van der Waals surface area (Å²) in [6.07, 6.45) is 0. The molecule has 0 saturated carbocycles. The Bertz CT molecular complexity index is 595. The normalized spacial score (nSPS) is 9.89. The first-order valence-corrected chi connectivity index (χ1v) is 6.30. The van der Waals surface area contributed by atoms with Crippen molar-refractivity contribution in [3.63, 3.8) is 0 Å². The molecule has 4 nitrogen and oxygen atoms in total. The Hall–Kier alpha value is -2.06. The molecule has 1 heterocycles. The molecule has 18 heavy (non-hydrogen) atoms. The van der Waals surface area contributed by atoms with Crippen LogP contribution >= 0.6 is 11.5 Å². The van der Waals surface area contributed by atoms with Crippen LogP contribution in [0.1, 0.15) is 11.3 Å². The van der Waals surface area contributed by atoms with Gasteiger partial charge in [0.2, 0.25) is 0 Å². The Morgan fingerprint density at radius 1 is 1.39 bits per heavy atom. The summed E-state index contributed by atoms with van der Waals surface area (Å²) in [5.41, 5.74) is 3.46. The van der Waals surface area contributed by atoms with Crippen molar-refractivity contribution in [2.75, 3.05) is 24.3 Å². The number of hydrogen-bond acceptors (Lipinski definition) is 5. The van der Waals surface area contributed by atoms with Crippen LogP contribution in [0.15, 0.2) is 24.3 Å². The van der Waals surface area contributed by atoms with Gasteiger partial charge in [-0.1, -0.05) is 6.07 Å². The molecule has 0 aliphatic rings. The fourth-order valence-electron chi connectivity index (χ4n) is 1.58. The van der Waals surface area contributed by atoms with Crippen molar-refractivity contribution in [3.8, 4) is 6.07 Å². The lowest BCUT2D eigenvalue weighted by molar-refractivity contribution is 1.13. The maximum absolute atomic E-state index is 9.08. The molecule has 0 aliphatic heterocycles. The summed E-state index contributed by atoms with van der Waals surface area (Å²) in [5, 5.41) is 13.1. The molecular formula is C13H14N4S. The molecule has 0 unspecified atom stereocenters. The minimum Gasteiger partial charge on any atom is -0.378 e. The van der Waals surface area contributed by atoms with Crippen LogP contribution in [-0.2, 0) is 0 Å². The predicted molar refractivity (Wildman–Crippen MR) is 75.6 cm³/mol. The molecule has 92 valence electrons. The van der Waals surface area contributed by atoms with Gasteiger partial charge in [-0.15, -0.1) is 0 Å². The first kappa shape index (κ1) is 12.4. The second-order valence-corrected chi connectivity index (χ2v) is 4.93. The van der Waals surface area contributed by atoms with Gasteiger partial charge in [0, 0.05) is 25.5 Å². The average Bonchev–Trinajstić information content (AvgIpc) is 2.70. The highest BCUT2D eigenvalue weighted by Crippen LogP contribution is 2.28. The molecule has 0 aliphatic carbocycles. The molecule has 1 aromatic carbocycles. The molecule has 0 amide bonds. The number of nitriles is 1. The van der Waals surface area contributed by atoms with Crippen LogP contribution in [0, 0.1) is 18.3 Å². The second-order valence-electron chi connectivity index (χ2n) is 4.15. The molecule has 1 N–H and O–H groups in total. The maximum atomic E-state index is 9.08. The van der Waals surface area contributed by atoms with Gasteiger partial charge in [-0.05, 0) is 36.7 Å². The van der Waals surface area contributed by atoms with Crippen molar-refractivity contribution in [1.82, 2.24) is 4.37 Å². The van der Waals surface area contributed by atoms with Crippen molar-refractivity contribution in [2.24, 2.45) is 0 Å². The Morgan fingerprint density at radius 2 is 2.17 bits per heavy atom. The fraction of sp³-hybridized carbons (Fsp3) is 0.231. The van der Waals surface area contributed by atoms with Crippen LogP contribution in [-0.4, -0.2) is 18.5 Å². The van der Waals surface area contributed by atoms with Crippen LogP contribution in [0.5, 0.6) is 0 Å². The summed E-state index contributed by atoms with van der Waals surface area (Å²) < 4.78 is 4.19. The number of benzene rings is 1. The van der Waals surface area contributed by atoms with Crippen molar-refractivity contribution < 1.29 is 0 Å². The van der Waals surface area contributed by atoms with E-state index in [1.54, 1.807) is 0 Å². The van der Waals surface area contributed by atoms with E-state index in [0.717, 1.165) is 22.1 Å². The molecule has 0 fully saturated rings. The number of hydrogen-bond donors (Lipinski definition) is 1. The lowest BCUT2D eigenvalue weighted by atomic mass is 10.2. The zero-order valence-corrected chi connectivity index (χ0v) is 11.4. The minimum atomic E-state index is 0.621. The largest absolute Gasteiger partial charge is 0.378 e. The standard InChI is InChI=1S/C13H14N4S/c1-9-12(8-14)13(18-16-9)15-10-5-4-6-11(7-10)17(2)3/h4-7,15H,1-3H3. The molecule has 0 atom stereocenters. The van der Waals surface area contributed by atoms with Crippen LogP contribution in [0.25, 0.3) is 0 Å². The Labute approximate surface area is 111 Å². The molecular weight excluding hydrogens is 244 g/mol. The van der Waals surface area contributed by atoms with E-state index in [1.165, 1.54) is 11.5 Å². The van der Waals surface area contributed by atoms with E-state index in [-0.39, 0.29) is 0 Å². The lowest BCUT2D eigenvalue weighted by Crippen LogP contribution is -2.08. The number of anilines is 3. The van der Waals surface area contributed by atoms with Crippen LogP contribution in [0.4, 0.5) is 16.4 Å². The molecule has 0 radical (unpaired) electrons. The van der Waals surface area contributed by atoms with Crippen LogP contribution < -0.4 is 10.2 Å². The summed E-state index contributed by atoms with van der Waals surface area (Å²) in [6.45, 7) is 1.84. The highest BCUT2D eigenvalue weighted by atomic mass is 32.1. The summed E-state index contributed by atoms with van der Waals surface area (Å²) in [6, 6.07) is 10.2. The summed E-state index contributed by atoms with van der Waals surface area (Å²) >= 11 is 1.31. The zero-order valence-electron chi connectivity index (χ0n) is 10.6. The number of aromatic nitrogens is 1. The van der Waals surface area contributed by atoms with Gasteiger partial charge in [0.15, 0.2) is 0 Å². The van der Waals surface area contributed by atoms with Gasteiger partial charge >= 0.3 is 0 Å². The van der Waals surface area contributed by atoms with Crippen molar-refractivity contribution >= 4 is 27.9 Å². The number of rotatable bonds is 3. The highest BCUT2D eigenvalue weighted by Gasteiger charge is 2.10. The van der Waals surface area contributed by atoms with Crippen LogP contribution in [0.2, 0.25) is 0 Å². The van der Waals surface area contributed by atoms with E-state index < -0.39 is 0 Å². The van der Waals surface area contributed by atoms with Gasteiger partial charge in [0.1, 0.15) is 16.6 Å². The molecule has 2 rings (SSSR count). The van der Waals surface area contributed by atoms with E-state index in [1.807, 2.05) is 50.2 Å². The van der Waals surface area contributed by atoms with Gasteiger partial charge in [0.05, 0.1) is 5.69 Å². The highest BCUT2D eigenvalue weighted by molar-refractivity contribution is 7.10. The zero-order chi connectivity index (χ0) is 13.1. The maximum Gasteiger partial charge on any atom is 0.132 e. The number of nitrogens with zero attached hydrogens (tertiary/aromatic N) is 3. The minimum absolute atomic E-state index is 0.621. The van der Waals surface area contributed by atoms with Gasteiger partial charge in [-0.3, -0.25) is 0 Å². The van der Waals surface area contributed by atoms with E-state index in [0.29, 0.717) is 5.56 Å². The number of nitrogens with one attached hydrogen (secondary N) is 1. The van der Waals surface area contributed by atoms with Crippen molar-refractivity contribution in [2.45, 2.75) is 6.92 Å². The first-order valence-electron chi connectivity index (χ1n) is 5.52. The van der Waals surface area contributed by atoms with Crippen LogP contribution in [0.3, 0.4) is 0 Å². The Balaban J connectivity index is 2.29. The lowest BCUT2D eigenvalue weighted by Gasteiger charge is -2.13. The molecule has 0 bridgehead atoms. The predicted octanol–water partition coefficient (Wildman–Crippen LogP) is 3.13. The third-order valence-electron chi connectivity index (χ3n) is 2.59. The van der Waals surface area contributed by atoms with Gasteiger partial charge < -0.3 is 10.2 Å². The average molecular weight is 258 g/mol. The monoisotopic (exact) mass is 258 g/mol. The molecule has 1 aromatic heterocycles. The van der Waals surface area contributed by atoms with Gasteiger partial charge in [-0.2, -0.15) is 9.64 Å².